The van der Waals surface area contributed by atoms with Gasteiger partial charge in [0.2, 0.25) is 11.8 Å². The number of nitrogens with one attached hydrogen (secondary N) is 1. The number of anilines is 1. The summed E-state index contributed by atoms with van der Waals surface area (Å²) >= 11 is 0. The van der Waals surface area contributed by atoms with Crippen LogP contribution in [0.15, 0.2) is 18.3 Å². The molecule has 0 saturated heterocycles. The molecule has 2 rings (SSSR count). The molecule has 0 fully saturated rings. The van der Waals surface area contributed by atoms with E-state index in [2.05, 4.69) is 15.4 Å². The van der Waals surface area contributed by atoms with Crippen LogP contribution in [0.4, 0.5) is 5.69 Å². The van der Waals surface area contributed by atoms with E-state index < -0.39 is 0 Å². The van der Waals surface area contributed by atoms with E-state index in [4.69, 9.17) is 4.74 Å². The number of pyridine rings is 1. The fraction of sp³-hybridized carbons (Fsp3) is 0.400. The first-order valence-electron chi connectivity index (χ1n) is 6.81. The van der Waals surface area contributed by atoms with Crippen molar-refractivity contribution in [2.75, 3.05) is 12.4 Å². The Kier molecular flexibility index (Phi) is 4.57. The zero-order chi connectivity index (χ0) is 15.4. The zero-order valence-electron chi connectivity index (χ0n) is 12.8. The number of aryl methyl sites for hydroxylation is 2. The van der Waals surface area contributed by atoms with Crippen molar-refractivity contribution in [3.63, 3.8) is 0 Å². The Hall–Kier alpha value is -2.37. The van der Waals surface area contributed by atoms with Crippen molar-refractivity contribution in [3.8, 4) is 5.88 Å². The maximum atomic E-state index is 12.1. The highest BCUT2D eigenvalue weighted by atomic mass is 16.5. The predicted molar refractivity (Wildman–Crippen MR) is 80.4 cm³/mol. The maximum Gasteiger partial charge on any atom is 0.237 e. The molecule has 112 valence electrons. The molecule has 2 aromatic heterocycles. The number of carbonyl (C=O) groups is 1. The number of aromatic nitrogens is 3. The van der Waals surface area contributed by atoms with Gasteiger partial charge in [-0.3, -0.25) is 9.48 Å². The number of methoxy groups -OCH3 is 1. The molecule has 0 aliphatic carbocycles. The van der Waals surface area contributed by atoms with Gasteiger partial charge in [0, 0.05) is 25.4 Å². The van der Waals surface area contributed by atoms with Crippen molar-refractivity contribution in [3.05, 3.63) is 35.3 Å². The highest BCUT2D eigenvalue weighted by molar-refractivity contribution is 5.92. The van der Waals surface area contributed by atoms with E-state index in [1.165, 1.54) is 7.11 Å². The molecule has 0 unspecified atom stereocenters. The Morgan fingerprint density at radius 3 is 2.81 bits per heavy atom. The van der Waals surface area contributed by atoms with Gasteiger partial charge in [0.05, 0.1) is 12.8 Å². The predicted octanol–water partition coefficient (Wildman–Crippen LogP) is 2.01. The van der Waals surface area contributed by atoms with Crippen LogP contribution < -0.4 is 10.1 Å². The summed E-state index contributed by atoms with van der Waals surface area (Å²) in [6, 6.07) is 3.53. The van der Waals surface area contributed by atoms with Crippen LogP contribution in [0.1, 0.15) is 23.4 Å². The number of carbonyl (C=O) groups excluding carboxylic acids is 1. The van der Waals surface area contributed by atoms with Crippen molar-refractivity contribution in [2.24, 2.45) is 7.05 Å². The SMILES string of the molecule is COc1ncccc1NC(=O)CCc1c(C)nn(C)c1C. The number of hydrogen-bond acceptors (Lipinski definition) is 4. The third-order valence-corrected chi connectivity index (χ3v) is 3.50. The Balaban J connectivity index is 1.99. The summed E-state index contributed by atoms with van der Waals surface area (Å²) in [7, 11) is 3.44. The number of nitrogens with zero attached hydrogens (tertiary/aromatic N) is 3. The first-order chi connectivity index (χ1) is 10.0. The number of rotatable bonds is 5. The quantitative estimate of drug-likeness (QED) is 0.913. The molecule has 1 amide bonds. The van der Waals surface area contributed by atoms with Gasteiger partial charge in [-0.05, 0) is 38.0 Å². The summed E-state index contributed by atoms with van der Waals surface area (Å²) in [5, 5.41) is 7.18. The zero-order valence-corrected chi connectivity index (χ0v) is 12.8. The van der Waals surface area contributed by atoms with Crippen LogP contribution >= 0.6 is 0 Å². The van der Waals surface area contributed by atoms with Gasteiger partial charge >= 0.3 is 0 Å². The van der Waals surface area contributed by atoms with Crippen molar-refractivity contribution in [2.45, 2.75) is 26.7 Å². The molecule has 6 nitrogen and oxygen atoms in total. The Morgan fingerprint density at radius 2 is 2.19 bits per heavy atom. The monoisotopic (exact) mass is 288 g/mol. The minimum Gasteiger partial charge on any atom is -0.480 e. The van der Waals surface area contributed by atoms with E-state index in [1.807, 2.05) is 25.6 Å². The van der Waals surface area contributed by atoms with Crippen molar-refractivity contribution in [1.29, 1.82) is 0 Å². The molecule has 2 aromatic rings. The largest absolute Gasteiger partial charge is 0.480 e. The minimum absolute atomic E-state index is 0.0658. The van der Waals surface area contributed by atoms with E-state index >= 15 is 0 Å². The Labute approximate surface area is 124 Å². The van der Waals surface area contributed by atoms with Gasteiger partial charge in [0.1, 0.15) is 5.69 Å². The normalized spacial score (nSPS) is 10.5. The van der Waals surface area contributed by atoms with Gasteiger partial charge in [-0.15, -0.1) is 0 Å². The molecular formula is C15H20N4O2. The summed E-state index contributed by atoms with van der Waals surface area (Å²) in [4.78, 5) is 16.1. The number of ether oxygens (including phenoxy) is 1. The first-order valence-corrected chi connectivity index (χ1v) is 6.81. The van der Waals surface area contributed by atoms with E-state index in [0.717, 1.165) is 17.0 Å². The standard InChI is InChI=1S/C15H20N4O2/c1-10-12(11(2)19(3)18-10)7-8-14(20)17-13-6-5-9-16-15(13)21-4/h5-6,9H,7-8H2,1-4H3,(H,17,20). The van der Waals surface area contributed by atoms with Gasteiger partial charge in [-0.25, -0.2) is 4.98 Å². The summed E-state index contributed by atoms with van der Waals surface area (Å²) in [6.45, 7) is 3.97. The van der Waals surface area contributed by atoms with Crippen LogP contribution in [-0.4, -0.2) is 27.8 Å². The van der Waals surface area contributed by atoms with Crippen LogP contribution in [0.2, 0.25) is 0 Å². The fourth-order valence-corrected chi connectivity index (χ4v) is 2.28. The molecule has 0 bridgehead atoms. The van der Waals surface area contributed by atoms with Crippen molar-refractivity contribution in [1.82, 2.24) is 14.8 Å². The second kappa shape index (κ2) is 6.39. The number of hydrogen-bond donors (Lipinski definition) is 1. The van der Waals surface area contributed by atoms with Crippen molar-refractivity contribution < 1.29 is 9.53 Å². The lowest BCUT2D eigenvalue weighted by molar-refractivity contribution is -0.116. The van der Waals surface area contributed by atoms with E-state index in [0.29, 0.717) is 24.4 Å². The Bertz CT molecular complexity index is 649. The van der Waals surface area contributed by atoms with E-state index in [1.54, 1.807) is 18.3 Å². The molecular weight excluding hydrogens is 268 g/mol. The third kappa shape index (κ3) is 3.39. The Morgan fingerprint density at radius 1 is 1.43 bits per heavy atom. The fourth-order valence-electron chi connectivity index (χ4n) is 2.28. The first kappa shape index (κ1) is 15.0. The van der Waals surface area contributed by atoms with Crippen LogP contribution in [0.5, 0.6) is 5.88 Å². The molecule has 0 aromatic carbocycles. The van der Waals surface area contributed by atoms with Gasteiger partial charge in [0.25, 0.3) is 0 Å². The lowest BCUT2D eigenvalue weighted by atomic mass is 10.1. The topological polar surface area (TPSA) is 69.0 Å². The molecule has 0 aliphatic rings. The molecule has 21 heavy (non-hydrogen) atoms. The summed E-state index contributed by atoms with van der Waals surface area (Å²) in [6.07, 6.45) is 2.68. The average Bonchev–Trinajstić information content (AvgIpc) is 2.71. The molecule has 0 radical (unpaired) electrons. The van der Waals surface area contributed by atoms with Gasteiger partial charge in [-0.2, -0.15) is 5.10 Å². The number of amides is 1. The second-order valence-corrected chi connectivity index (χ2v) is 4.88. The van der Waals surface area contributed by atoms with E-state index in [-0.39, 0.29) is 5.91 Å². The average molecular weight is 288 g/mol. The molecule has 6 heteroatoms. The van der Waals surface area contributed by atoms with Crippen LogP contribution in [-0.2, 0) is 18.3 Å². The highest BCUT2D eigenvalue weighted by Crippen LogP contribution is 2.20. The van der Waals surface area contributed by atoms with Crippen LogP contribution in [0.25, 0.3) is 0 Å². The molecule has 0 saturated carbocycles. The summed E-state index contributed by atoms with van der Waals surface area (Å²) < 4.78 is 6.95. The van der Waals surface area contributed by atoms with Crippen LogP contribution in [0, 0.1) is 13.8 Å². The maximum absolute atomic E-state index is 12.1. The lowest BCUT2D eigenvalue weighted by Gasteiger charge is -2.08. The molecule has 2 heterocycles. The molecule has 0 aliphatic heterocycles. The summed E-state index contributed by atoms with van der Waals surface area (Å²) in [5.74, 6) is 0.351. The van der Waals surface area contributed by atoms with E-state index in [9.17, 15) is 4.79 Å². The smallest absolute Gasteiger partial charge is 0.237 e. The van der Waals surface area contributed by atoms with Gasteiger partial charge in [0.15, 0.2) is 0 Å². The third-order valence-electron chi connectivity index (χ3n) is 3.50. The second-order valence-electron chi connectivity index (χ2n) is 4.88. The van der Waals surface area contributed by atoms with Gasteiger partial charge < -0.3 is 10.1 Å². The minimum atomic E-state index is -0.0658. The van der Waals surface area contributed by atoms with Crippen LogP contribution in [0.3, 0.4) is 0 Å². The molecule has 0 atom stereocenters. The molecule has 1 N–H and O–H groups in total. The van der Waals surface area contributed by atoms with Crippen molar-refractivity contribution >= 4 is 11.6 Å². The lowest BCUT2D eigenvalue weighted by Crippen LogP contribution is -2.13. The molecule has 0 spiro atoms. The van der Waals surface area contributed by atoms with Gasteiger partial charge in [-0.1, -0.05) is 0 Å². The highest BCUT2D eigenvalue weighted by Gasteiger charge is 2.12. The summed E-state index contributed by atoms with van der Waals surface area (Å²) in [5.41, 5.74) is 3.79.